The predicted octanol–water partition coefficient (Wildman–Crippen LogP) is 5.18. The van der Waals surface area contributed by atoms with Crippen LogP contribution in [0.15, 0.2) is 54.6 Å². The van der Waals surface area contributed by atoms with Gasteiger partial charge >= 0.3 is 0 Å². The number of benzene rings is 2. The molecule has 1 aliphatic carbocycles. The van der Waals surface area contributed by atoms with Gasteiger partial charge in [-0.15, -0.1) is 11.3 Å². The molecule has 140 valence electrons. The average Bonchev–Trinajstić information content (AvgIpc) is 3.10. The first-order chi connectivity index (χ1) is 13.7. The van der Waals surface area contributed by atoms with Crippen molar-refractivity contribution in [3.05, 3.63) is 70.6 Å². The summed E-state index contributed by atoms with van der Waals surface area (Å²) in [4.78, 5) is 13.5. The number of nitrogens with one attached hydrogen (secondary N) is 1. The highest BCUT2D eigenvalue weighted by Gasteiger charge is 2.21. The number of hydrogen-bond acceptors (Lipinski definition) is 4. The van der Waals surface area contributed by atoms with Crippen molar-refractivity contribution < 1.29 is 9.53 Å². The van der Waals surface area contributed by atoms with Crippen molar-refractivity contribution in [2.24, 2.45) is 0 Å². The second-order valence-electron chi connectivity index (χ2n) is 6.75. The number of fused-ring (bicyclic) bond motifs is 1. The normalized spacial score (nSPS) is 12.7. The van der Waals surface area contributed by atoms with Gasteiger partial charge in [0.15, 0.2) is 6.61 Å². The van der Waals surface area contributed by atoms with Crippen LogP contribution in [0.2, 0.25) is 0 Å². The summed E-state index contributed by atoms with van der Waals surface area (Å²) in [5, 5.41) is 13.0. The Hall–Kier alpha value is -3.10. The van der Waals surface area contributed by atoms with Crippen LogP contribution in [0.4, 0.5) is 5.00 Å². The second kappa shape index (κ2) is 8.28. The van der Waals surface area contributed by atoms with E-state index in [1.807, 2.05) is 42.5 Å². The third-order valence-electron chi connectivity index (χ3n) is 4.87. The van der Waals surface area contributed by atoms with E-state index in [1.54, 1.807) is 0 Å². The van der Waals surface area contributed by atoms with Crippen molar-refractivity contribution in [2.45, 2.75) is 25.7 Å². The highest BCUT2D eigenvalue weighted by molar-refractivity contribution is 7.16. The molecular formula is C23H20N2O2S. The van der Waals surface area contributed by atoms with Crippen molar-refractivity contribution in [2.75, 3.05) is 11.9 Å². The molecule has 0 radical (unpaired) electrons. The van der Waals surface area contributed by atoms with Gasteiger partial charge in [0.05, 0.1) is 5.56 Å². The SMILES string of the molecule is N#Cc1c(NC(=O)COc2ccc(-c3ccccc3)cc2)sc2c1CCCC2. The fourth-order valence-electron chi connectivity index (χ4n) is 3.46. The first-order valence-corrected chi connectivity index (χ1v) is 10.2. The Morgan fingerprint density at radius 2 is 1.75 bits per heavy atom. The molecule has 3 aromatic rings. The van der Waals surface area contributed by atoms with Gasteiger partial charge in [0.1, 0.15) is 16.8 Å². The van der Waals surface area contributed by atoms with Gasteiger partial charge in [0, 0.05) is 4.88 Å². The molecule has 0 spiro atoms. The molecule has 4 rings (SSSR count). The summed E-state index contributed by atoms with van der Waals surface area (Å²) < 4.78 is 5.62. The van der Waals surface area contributed by atoms with Crippen LogP contribution in [-0.4, -0.2) is 12.5 Å². The molecule has 0 saturated carbocycles. The molecule has 28 heavy (non-hydrogen) atoms. The number of nitriles is 1. The van der Waals surface area contributed by atoms with E-state index in [0.717, 1.165) is 42.4 Å². The minimum Gasteiger partial charge on any atom is -0.484 e. The van der Waals surface area contributed by atoms with Gasteiger partial charge in [-0.25, -0.2) is 0 Å². The third kappa shape index (κ3) is 3.92. The molecule has 1 heterocycles. The summed E-state index contributed by atoms with van der Waals surface area (Å²) in [5.74, 6) is 0.392. The van der Waals surface area contributed by atoms with Gasteiger partial charge in [0.25, 0.3) is 5.91 Å². The minimum absolute atomic E-state index is 0.0852. The number of hydrogen-bond donors (Lipinski definition) is 1. The average molecular weight is 388 g/mol. The predicted molar refractivity (Wildman–Crippen MR) is 112 cm³/mol. The highest BCUT2D eigenvalue weighted by atomic mass is 32.1. The van der Waals surface area contributed by atoms with Crippen molar-refractivity contribution >= 4 is 22.2 Å². The standard InChI is InChI=1S/C23H20N2O2S/c24-14-20-19-8-4-5-9-21(19)28-23(20)25-22(26)15-27-18-12-10-17(11-13-18)16-6-2-1-3-7-16/h1-3,6-7,10-13H,4-5,8-9,15H2,(H,25,26). The Morgan fingerprint density at radius 1 is 1.04 bits per heavy atom. The van der Waals surface area contributed by atoms with Crippen LogP contribution in [0.25, 0.3) is 11.1 Å². The molecule has 0 bridgehead atoms. The van der Waals surface area contributed by atoms with Crippen molar-refractivity contribution in [3.8, 4) is 22.9 Å². The van der Waals surface area contributed by atoms with Crippen LogP contribution in [0, 0.1) is 11.3 Å². The van der Waals surface area contributed by atoms with E-state index in [0.29, 0.717) is 16.3 Å². The summed E-state index contributed by atoms with van der Waals surface area (Å²) in [6.45, 7) is -0.0852. The zero-order valence-electron chi connectivity index (χ0n) is 15.4. The van der Waals surface area contributed by atoms with E-state index >= 15 is 0 Å². The molecule has 4 nitrogen and oxygen atoms in total. The van der Waals surface area contributed by atoms with E-state index in [-0.39, 0.29) is 12.5 Å². The van der Waals surface area contributed by atoms with Crippen molar-refractivity contribution in [3.63, 3.8) is 0 Å². The topological polar surface area (TPSA) is 62.1 Å². The van der Waals surface area contributed by atoms with E-state index in [4.69, 9.17) is 4.74 Å². The number of amides is 1. The molecule has 0 unspecified atom stereocenters. The van der Waals surface area contributed by atoms with Crippen LogP contribution >= 0.6 is 11.3 Å². The smallest absolute Gasteiger partial charge is 0.262 e. The van der Waals surface area contributed by atoms with E-state index in [9.17, 15) is 10.1 Å². The summed E-state index contributed by atoms with van der Waals surface area (Å²) in [5.41, 5.74) is 3.98. The zero-order valence-corrected chi connectivity index (χ0v) is 16.2. The van der Waals surface area contributed by atoms with Crippen molar-refractivity contribution in [1.29, 1.82) is 5.26 Å². The lowest BCUT2D eigenvalue weighted by Gasteiger charge is -2.09. The van der Waals surface area contributed by atoms with Gasteiger partial charge < -0.3 is 10.1 Å². The summed E-state index contributed by atoms with van der Waals surface area (Å²) in [7, 11) is 0. The van der Waals surface area contributed by atoms with Crippen LogP contribution in [-0.2, 0) is 17.6 Å². The Kier molecular flexibility index (Phi) is 5.41. The first-order valence-electron chi connectivity index (χ1n) is 9.37. The number of ether oxygens (including phenoxy) is 1. The van der Waals surface area contributed by atoms with Gasteiger partial charge in [-0.2, -0.15) is 5.26 Å². The van der Waals surface area contributed by atoms with Gasteiger partial charge in [0.2, 0.25) is 0 Å². The largest absolute Gasteiger partial charge is 0.484 e. The fraction of sp³-hybridized carbons (Fsp3) is 0.217. The van der Waals surface area contributed by atoms with Crippen LogP contribution in [0.5, 0.6) is 5.75 Å². The molecule has 1 N–H and O–H groups in total. The Labute approximate surface area is 168 Å². The second-order valence-corrected chi connectivity index (χ2v) is 7.86. The summed E-state index contributed by atoms with van der Waals surface area (Å²) in [6.07, 6.45) is 4.17. The molecule has 0 saturated heterocycles. The van der Waals surface area contributed by atoms with Gasteiger partial charge in [-0.3, -0.25) is 4.79 Å². The van der Waals surface area contributed by atoms with Gasteiger partial charge in [-0.05, 0) is 54.5 Å². The number of rotatable bonds is 5. The number of nitrogens with zero attached hydrogens (tertiary/aromatic N) is 1. The molecule has 0 aliphatic heterocycles. The quantitative estimate of drug-likeness (QED) is 0.655. The highest BCUT2D eigenvalue weighted by Crippen LogP contribution is 2.37. The van der Waals surface area contributed by atoms with E-state index < -0.39 is 0 Å². The summed E-state index contributed by atoms with van der Waals surface area (Å²) in [6, 6.07) is 20.0. The Bertz CT molecular complexity index is 1020. The maximum atomic E-state index is 12.3. The molecule has 1 amide bonds. The lowest BCUT2D eigenvalue weighted by Crippen LogP contribution is -2.20. The van der Waals surface area contributed by atoms with Crippen LogP contribution in [0.1, 0.15) is 28.8 Å². The summed E-state index contributed by atoms with van der Waals surface area (Å²) >= 11 is 1.53. The number of carbonyl (C=O) groups is 1. The Morgan fingerprint density at radius 3 is 2.50 bits per heavy atom. The van der Waals surface area contributed by atoms with E-state index in [1.165, 1.54) is 16.2 Å². The maximum absolute atomic E-state index is 12.3. The van der Waals surface area contributed by atoms with E-state index in [2.05, 4.69) is 23.5 Å². The molecule has 1 aromatic heterocycles. The van der Waals surface area contributed by atoms with Gasteiger partial charge in [-0.1, -0.05) is 42.5 Å². The first kappa shape index (κ1) is 18.3. The van der Waals surface area contributed by atoms with Crippen LogP contribution < -0.4 is 10.1 Å². The lowest BCUT2D eigenvalue weighted by molar-refractivity contribution is -0.118. The van der Waals surface area contributed by atoms with Crippen LogP contribution in [0.3, 0.4) is 0 Å². The molecule has 0 atom stereocenters. The number of anilines is 1. The molecular weight excluding hydrogens is 368 g/mol. The third-order valence-corrected chi connectivity index (χ3v) is 6.07. The lowest BCUT2D eigenvalue weighted by atomic mass is 9.96. The number of aryl methyl sites for hydroxylation is 1. The maximum Gasteiger partial charge on any atom is 0.262 e. The number of thiophene rings is 1. The molecule has 0 fully saturated rings. The Balaban J connectivity index is 1.37. The molecule has 1 aliphatic rings. The monoisotopic (exact) mass is 388 g/mol. The minimum atomic E-state index is -0.248. The molecule has 5 heteroatoms. The zero-order chi connectivity index (χ0) is 19.3. The van der Waals surface area contributed by atoms with Crippen molar-refractivity contribution in [1.82, 2.24) is 0 Å². The number of carbonyl (C=O) groups excluding carboxylic acids is 1. The fourth-order valence-corrected chi connectivity index (χ4v) is 4.71. The molecule has 2 aromatic carbocycles.